The van der Waals surface area contributed by atoms with Gasteiger partial charge in [0.05, 0.1) is 0 Å². The van der Waals surface area contributed by atoms with Crippen molar-refractivity contribution in [2.75, 3.05) is 34.4 Å². The van der Waals surface area contributed by atoms with Crippen LogP contribution in [0.5, 0.6) is 0 Å². The quantitative estimate of drug-likeness (QED) is 0.249. The van der Waals surface area contributed by atoms with Crippen LogP contribution in [0, 0.1) is 11.8 Å². The first-order valence-electron chi connectivity index (χ1n) is 11.7. The average Bonchev–Trinajstić information content (AvgIpc) is 2.80. The molecule has 4 nitrogen and oxygen atoms in total. The molecule has 0 unspecified atom stereocenters. The number of hydrogen-bond acceptors (Lipinski definition) is 4. The van der Waals surface area contributed by atoms with Crippen LogP contribution in [-0.2, 0) is 13.1 Å². The molecule has 0 radical (unpaired) electrons. The van der Waals surface area contributed by atoms with Gasteiger partial charge in [0, 0.05) is 48.9 Å². The van der Waals surface area contributed by atoms with E-state index in [2.05, 4.69) is 122 Å². The zero-order chi connectivity index (χ0) is 22.8. The fourth-order valence-corrected chi connectivity index (χ4v) is 3.24. The number of hydrogen-bond donors (Lipinski definition) is 4. The fraction of sp³-hybridized carbons (Fsp3) is 0.357. The molecule has 0 amide bonds. The summed E-state index contributed by atoms with van der Waals surface area (Å²) in [6.45, 7) is 12.5. The molecule has 0 spiro atoms. The van der Waals surface area contributed by atoms with Crippen molar-refractivity contribution in [3.05, 3.63) is 83.9 Å². The molecule has 0 atom stereocenters. The smallest absolute Gasteiger partial charge is 0.0400 e. The van der Waals surface area contributed by atoms with Crippen LogP contribution < -0.4 is 21.3 Å². The van der Waals surface area contributed by atoms with Crippen LogP contribution in [-0.4, -0.2) is 13.1 Å². The zero-order valence-corrected chi connectivity index (χ0v) is 19.9. The van der Waals surface area contributed by atoms with E-state index in [9.17, 15) is 0 Å². The van der Waals surface area contributed by atoms with E-state index in [1.165, 1.54) is 22.5 Å². The molecular formula is C28H38N4. The van der Waals surface area contributed by atoms with E-state index < -0.39 is 0 Å². The van der Waals surface area contributed by atoms with E-state index in [4.69, 9.17) is 0 Å². The van der Waals surface area contributed by atoms with Gasteiger partial charge in [-0.05, 0) is 71.5 Å². The highest BCUT2D eigenvalue weighted by molar-refractivity contribution is 5.55. The molecule has 0 aliphatic heterocycles. The normalized spacial score (nSPS) is 10.9. The van der Waals surface area contributed by atoms with Crippen molar-refractivity contribution < 1.29 is 0 Å². The minimum absolute atomic E-state index is 0.642. The summed E-state index contributed by atoms with van der Waals surface area (Å²) in [5, 5.41) is 13.9. The van der Waals surface area contributed by atoms with E-state index in [0.29, 0.717) is 11.8 Å². The third-order valence-corrected chi connectivity index (χ3v) is 5.21. The SMILES string of the molecule is CC(C)CNc1ccc(NCc2ccc(CNc3ccc(NCC(C)C)cc3)cc2)cc1. The highest BCUT2D eigenvalue weighted by atomic mass is 14.9. The molecule has 170 valence electrons. The topological polar surface area (TPSA) is 48.1 Å². The standard InChI is InChI=1S/C28H38N4/c1-21(2)17-29-25-9-13-27(14-10-25)31-19-23-5-7-24(8-6-23)20-32-28-15-11-26(12-16-28)30-18-22(3)4/h5-16,21-22,29-32H,17-20H2,1-4H3. The number of benzene rings is 3. The molecule has 0 saturated heterocycles. The van der Waals surface area contributed by atoms with E-state index in [1.807, 2.05) is 0 Å². The zero-order valence-electron chi connectivity index (χ0n) is 19.9. The van der Waals surface area contributed by atoms with Gasteiger partial charge in [0.15, 0.2) is 0 Å². The van der Waals surface area contributed by atoms with Crippen molar-refractivity contribution >= 4 is 22.7 Å². The second-order valence-corrected chi connectivity index (χ2v) is 9.23. The van der Waals surface area contributed by atoms with Crippen molar-refractivity contribution in [3.63, 3.8) is 0 Å². The van der Waals surface area contributed by atoms with Gasteiger partial charge in [-0.2, -0.15) is 0 Å². The molecular weight excluding hydrogens is 392 g/mol. The number of rotatable bonds is 12. The van der Waals surface area contributed by atoms with Gasteiger partial charge in [-0.15, -0.1) is 0 Å². The highest BCUT2D eigenvalue weighted by Gasteiger charge is 2.00. The highest BCUT2D eigenvalue weighted by Crippen LogP contribution is 2.17. The summed E-state index contributed by atoms with van der Waals surface area (Å²) < 4.78 is 0. The summed E-state index contributed by atoms with van der Waals surface area (Å²) >= 11 is 0. The first-order chi connectivity index (χ1) is 15.5. The third-order valence-electron chi connectivity index (χ3n) is 5.21. The van der Waals surface area contributed by atoms with E-state index >= 15 is 0 Å². The van der Waals surface area contributed by atoms with Crippen LogP contribution in [0.4, 0.5) is 22.7 Å². The summed E-state index contributed by atoms with van der Waals surface area (Å²) in [6.07, 6.45) is 0. The van der Waals surface area contributed by atoms with Crippen LogP contribution >= 0.6 is 0 Å². The largest absolute Gasteiger partial charge is 0.385 e. The predicted octanol–water partition coefficient (Wildman–Crippen LogP) is 7.05. The Morgan fingerprint density at radius 2 is 0.719 bits per heavy atom. The molecule has 0 heterocycles. The van der Waals surface area contributed by atoms with Gasteiger partial charge < -0.3 is 21.3 Å². The second kappa shape index (κ2) is 12.0. The molecule has 0 aromatic heterocycles. The molecule has 0 bridgehead atoms. The predicted molar refractivity (Wildman–Crippen MR) is 141 cm³/mol. The Morgan fingerprint density at radius 1 is 0.438 bits per heavy atom. The minimum Gasteiger partial charge on any atom is -0.385 e. The molecule has 0 aliphatic carbocycles. The van der Waals surface area contributed by atoms with Gasteiger partial charge in [0.1, 0.15) is 0 Å². The van der Waals surface area contributed by atoms with E-state index in [1.54, 1.807) is 0 Å². The first kappa shape index (κ1) is 23.5. The Hall–Kier alpha value is -3.14. The Balaban J connectivity index is 1.42. The minimum atomic E-state index is 0.642. The van der Waals surface area contributed by atoms with Crippen molar-refractivity contribution in [2.24, 2.45) is 11.8 Å². The van der Waals surface area contributed by atoms with Gasteiger partial charge in [0.2, 0.25) is 0 Å². The maximum atomic E-state index is 3.50. The lowest BCUT2D eigenvalue weighted by Crippen LogP contribution is -2.08. The Morgan fingerprint density at radius 3 is 1.00 bits per heavy atom. The van der Waals surface area contributed by atoms with Crippen molar-refractivity contribution in [3.8, 4) is 0 Å². The number of nitrogens with one attached hydrogen (secondary N) is 4. The Labute approximate surface area is 193 Å². The Bertz CT molecular complexity index is 835. The number of anilines is 4. The van der Waals surface area contributed by atoms with Crippen LogP contribution in [0.15, 0.2) is 72.8 Å². The van der Waals surface area contributed by atoms with Gasteiger partial charge in [-0.1, -0.05) is 52.0 Å². The summed E-state index contributed by atoms with van der Waals surface area (Å²) in [6, 6.07) is 25.8. The first-order valence-corrected chi connectivity index (χ1v) is 11.7. The van der Waals surface area contributed by atoms with E-state index in [0.717, 1.165) is 37.6 Å². The summed E-state index contributed by atoms with van der Waals surface area (Å²) in [5.41, 5.74) is 7.16. The van der Waals surface area contributed by atoms with Crippen LogP contribution in [0.2, 0.25) is 0 Å². The van der Waals surface area contributed by atoms with Crippen molar-refractivity contribution in [1.82, 2.24) is 0 Å². The molecule has 0 saturated carbocycles. The molecule has 4 N–H and O–H groups in total. The lowest BCUT2D eigenvalue weighted by molar-refractivity contribution is 0.689. The Kier molecular flexibility index (Phi) is 8.85. The average molecular weight is 431 g/mol. The molecule has 3 aromatic rings. The van der Waals surface area contributed by atoms with Gasteiger partial charge in [-0.25, -0.2) is 0 Å². The summed E-state index contributed by atoms with van der Waals surface area (Å²) in [4.78, 5) is 0. The third kappa shape index (κ3) is 8.18. The van der Waals surface area contributed by atoms with E-state index in [-0.39, 0.29) is 0 Å². The van der Waals surface area contributed by atoms with Crippen LogP contribution in [0.1, 0.15) is 38.8 Å². The van der Waals surface area contributed by atoms with Gasteiger partial charge >= 0.3 is 0 Å². The van der Waals surface area contributed by atoms with Gasteiger partial charge in [0.25, 0.3) is 0 Å². The lowest BCUT2D eigenvalue weighted by Gasteiger charge is -2.12. The molecule has 3 aromatic carbocycles. The van der Waals surface area contributed by atoms with Crippen LogP contribution in [0.25, 0.3) is 0 Å². The molecule has 4 heteroatoms. The second-order valence-electron chi connectivity index (χ2n) is 9.23. The maximum Gasteiger partial charge on any atom is 0.0400 e. The van der Waals surface area contributed by atoms with Gasteiger partial charge in [-0.3, -0.25) is 0 Å². The van der Waals surface area contributed by atoms with Crippen LogP contribution in [0.3, 0.4) is 0 Å². The van der Waals surface area contributed by atoms with Crippen molar-refractivity contribution in [2.45, 2.75) is 40.8 Å². The monoisotopic (exact) mass is 430 g/mol. The molecule has 32 heavy (non-hydrogen) atoms. The molecule has 3 rings (SSSR count). The summed E-state index contributed by atoms with van der Waals surface area (Å²) in [5.74, 6) is 1.28. The molecule has 0 fully saturated rings. The maximum absolute atomic E-state index is 3.50. The fourth-order valence-electron chi connectivity index (χ4n) is 3.24. The lowest BCUT2D eigenvalue weighted by atomic mass is 10.1. The molecule has 0 aliphatic rings. The summed E-state index contributed by atoms with van der Waals surface area (Å²) in [7, 11) is 0. The van der Waals surface area contributed by atoms with Crippen molar-refractivity contribution in [1.29, 1.82) is 0 Å².